The molecule has 0 radical (unpaired) electrons. The molecule has 0 aliphatic heterocycles. The molecule has 1 aromatic heterocycles. The van der Waals surface area contributed by atoms with E-state index in [1.807, 2.05) is 80.5 Å². The van der Waals surface area contributed by atoms with E-state index in [-0.39, 0.29) is 5.91 Å². The maximum Gasteiger partial charge on any atom is 0.258 e. The summed E-state index contributed by atoms with van der Waals surface area (Å²) in [6, 6.07) is 19.2. The van der Waals surface area contributed by atoms with E-state index in [4.69, 9.17) is 0 Å². The summed E-state index contributed by atoms with van der Waals surface area (Å²) in [5.74, 6) is 0.176. The number of hydrogen-bond donors (Lipinski definition) is 2. The first-order valence-electron chi connectivity index (χ1n) is 9.37. The van der Waals surface area contributed by atoms with Crippen molar-refractivity contribution in [3.63, 3.8) is 0 Å². The first-order valence-corrected chi connectivity index (χ1v) is 9.37. The highest BCUT2D eigenvalue weighted by molar-refractivity contribution is 6.10. The minimum absolute atomic E-state index is 0.220. The smallest absolute Gasteiger partial charge is 0.258 e. The molecule has 0 atom stereocenters. The minimum Gasteiger partial charge on any atom is -0.378 e. The van der Waals surface area contributed by atoms with E-state index >= 15 is 0 Å². The third-order valence-corrected chi connectivity index (χ3v) is 4.31. The van der Waals surface area contributed by atoms with Gasteiger partial charge in [-0.15, -0.1) is 0 Å². The third-order valence-electron chi connectivity index (χ3n) is 4.31. The van der Waals surface area contributed by atoms with Crippen LogP contribution in [0.4, 0.5) is 11.4 Å². The molecule has 6 heteroatoms. The van der Waals surface area contributed by atoms with Gasteiger partial charge in [0.25, 0.3) is 5.91 Å². The van der Waals surface area contributed by atoms with Crippen molar-refractivity contribution in [1.29, 1.82) is 0 Å². The van der Waals surface area contributed by atoms with Crippen LogP contribution in [0.3, 0.4) is 0 Å². The third kappa shape index (κ3) is 5.90. The summed E-state index contributed by atoms with van der Waals surface area (Å²) >= 11 is 0. The Balaban J connectivity index is 1.82. The lowest BCUT2D eigenvalue weighted by molar-refractivity contribution is 0.0977. The van der Waals surface area contributed by atoms with Gasteiger partial charge in [0, 0.05) is 43.4 Å². The predicted octanol–water partition coefficient (Wildman–Crippen LogP) is 3.85. The SMILES string of the molecule is Cc1cccc(NC(=NCc2ccncc2)NC(=O)c2cccc(N(C)C)c2)c1. The van der Waals surface area contributed by atoms with Crippen molar-refractivity contribution in [2.24, 2.45) is 4.99 Å². The van der Waals surface area contributed by atoms with E-state index < -0.39 is 0 Å². The lowest BCUT2D eigenvalue weighted by atomic mass is 10.2. The highest BCUT2D eigenvalue weighted by atomic mass is 16.1. The Labute approximate surface area is 171 Å². The molecule has 1 amide bonds. The summed E-state index contributed by atoms with van der Waals surface area (Å²) < 4.78 is 0. The number of carbonyl (C=O) groups excluding carboxylic acids is 1. The number of pyridine rings is 1. The second-order valence-corrected chi connectivity index (χ2v) is 6.91. The summed E-state index contributed by atoms with van der Waals surface area (Å²) in [5.41, 5.74) is 4.51. The zero-order valence-electron chi connectivity index (χ0n) is 16.9. The summed E-state index contributed by atoms with van der Waals surface area (Å²) in [5, 5.41) is 6.12. The van der Waals surface area contributed by atoms with Crippen molar-refractivity contribution in [1.82, 2.24) is 10.3 Å². The molecule has 0 aliphatic carbocycles. The van der Waals surface area contributed by atoms with Crippen LogP contribution >= 0.6 is 0 Å². The van der Waals surface area contributed by atoms with Crippen molar-refractivity contribution in [2.45, 2.75) is 13.5 Å². The van der Waals surface area contributed by atoms with E-state index in [2.05, 4.69) is 20.6 Å². The Hall–Kier alpha value is -3.67. The zero-order chi connectivity index (χ0) is 20.6. The first kappa shape index (κ1) is 20.1. The number of nitrogens with one attached hydrogen (secondary N) is 2. The van der Waals surface area contributed by atoms with Gasteiger partial charge in [0.1, 0.15) is 0 Å². The predicted molar refractivity (Wildman–Crippen MR) is 118 cm³/mol. The van der Waals surface area contributed by atoms with Crippen LogP contribution < -0.4 is 15.5 Å². The molecule has 0 unspecified atom stereocenters. The van der Waals surface area contributed by atoms with Crippen LogP contribution in [0.5, 0.6) is 0 Å². The van der Waals surface area contributed by atoms with E-state index in [1.54, 1.807) is 18.5 Å². The average molecular weight is 387 g/mol. The Morgan fingerprint density at radius 2 is 1.79 bits per heavy atom. The van der Waals surface area contributed by atoms with Crippen LogP contribution in [0.25, 0.3) is 0 Å². The number of benzene rings is 2. The van der Waals surface area contributed by atoms with Gasteiger partial charge >= 0.3 is 0 Å². The fourth-order valence-electron chi connectivity index (χ4n) is 2.73. The van der Waals surface area contributed by atoms with Crippen molar-refractivity contribution in [3.8, 4) is 0 Å². The monoisotopic (exact) mass is 387 g/mol. The number of amides is 1. The van der Waals surface area contributed by atoms with Crippen LogP contribution in [0.1, 0.15) is 21.5 Å². The number of rotatable bonds is 5. The van der Waals surface area contributed by atoms with Crippen molar-refractivity contribution >= 4 is 23.2 Å². The molecule has 0 saturated heterocycles. The Morgan fingerprint density at radius 1 is 1.03 bits per heavy atom. The number of anilines is 2. The number of carbonyl (C=O) groups is 1. The molecule has 0 fully saturated rings. The van der Waals surface area contributed by atoms with Crippen LogP contribution in [0.2, 0.25) is 0 Å². The highest BCUT2D eigenvalue weighted by Gasteiger charge is 2.11. The van der Waals surface area contributed by atoms with Gasteiger partial charge in [-0.1, -0.05) is 18.2 Å². The van der Waals surface area contributed by atoms with Crippen molar-refractivity contribution < 1.29 is 4.79 Å². The van der Waals surface area contributed by atoms with Gasteiger partial charge in [-0.25, -0.2) is 4.99 Å². The average Bonchev–Trinajstić information content (AvgIpc) is 2.73. The second kappa shape index (κ2) is 9.50. The number of guanidine groups is 1. The van der Waals surface area contributed by atoms with E-state index in [0.29, 0.717) is 18.1 Å². The quantitative estimate of drug-likeness (QED) is 0.515. The van der Waals surface area contributed by atoms with Gasteiger partial charge in [0.15, 0.2) is 0 Å². The lowest BCUT2D eigenvalue weighted by Gasteiger charge is -2.15. The van der Waals surface area contributed by atoms with Gasteiger partial charge in [0.2, 0.25) is 5.96 Å². The summed E-state index contributed by atoms with van der Waals surface area (Å²) in [7, 11) is 3.88. The topological polar surface area (TPSA) is 69.6 Å². The van der Waals surface area contributed by atoms with E-state index in [1.165, 1.54) is 0 Å². The number of aryl methyl sites for hydroxylation is 1. The van der Waals surface area contributed by atoms with E-state index in [9.17, 15) is 4.79 Å². The number of hydrogen-bond acceptors (Lipinski definition) is 4. The largest absolute Gasteiger partial charge is 0.378 e. The van der Waals surface area contributed by atoms with E-state index in [0.717, 1.165) is 22.5 Å². The summed E-state index contributed by atoms with van der Waals surface area (Å²) in [4.78, 5) is 23.4. The number of aliphatic imine (C=N–C) groups is 1. The van der Waals surface area contributed by atoms with Crippen LogP contribution in [-0.2, 0) is 6.54 Å². The van der Waals surface area contributed by atoms with Crippen LogP contribution in [0.15, 0.2) is 78.0 Å². The summed E-state index contributed by atoms with van der Waals surface area (Å²) in [6.07, 6.45) is 3.45. The maximum absolute atomic E-state index is 12.8. The van der Waals surface area contributed by atoms with Gasteiger partial charge < -0.3 is 10.2 Å². The van der Waals surface area contributed by atoms with Gasteiger partial charge in [-0.05, 0) is 60.5 Å². The molecule has 0 aliphatic rings. The molecule has 2 aromatic carbocycles. The molecule has 0 bridgehead atoms. The molecular formula is C23H25N5O. The van der Waals surface area contributed by atoms with Gasteiger partial charge in [-0.3, -0.25) is 15.1 Å². The van der Waals surface area contributed by atoms with Crippen LogP contribution in [0, 0.1) is 6.92 Å². The fraction of sp³-hybridized carbons (Fsp3) is 0.174. The molecule has 0 spiro atoms. The zero-order valence-corrected chi connectivity index (χ0v) is 16.9. The highest BCUT2D eigenvalue weighted by Crippen LogP contribution is 2.14. The minimum atomic E-state index is -0.220. The maximum atomic E-state index is 12.8. The Kier molecular flexibility index (Phi) is 6.58. The lowest BCUT2D eigenvalue weighted by Crippen LogP contribution is -2.36. The summed E-state index contributed by atoms with van der Waals surface area (Å²) in [6.45, 7) is 2.44. The Bertz CT molecular complexity index is 999. The molecule has 0 saturated carbocycles. The fourth-order valence-corrected chi connectivity index (χ4v) is 2.73. The first-order chi connectivity index (χ1) is 14.0. The normalized spacial score (nSPS) is 11.1. The molecule has 3 aromatic rings. The molecule has 1 heterocycles. The van der Waals surface area contributed by atoms with Gasteiger partial charge in [-0.2, -0.15) is 0 Å². The molecule has 29 heavy (non-hydrogen) atoms. The van der Waals surface area contributed by atoms with Crippen molar-refractivity contribution in [2.75, 3.05) is 24.3 Å². The number of nitrogens with zero attached hydrogens (tertiary/aromatic N) is 3. The number of aromatic nitrogens is 1. The molecule has 2 N–H and O–H groups in total. The Morgan fingerprint density at radius 3 is 2.52 bits per heavy atom. The van der Waals surface area contributed by atoms with Crippen molar-refractivity contribution in [3.05, 3.63) is 89.7 Å². The molecule has 6 nitrogen and oxygen atoms in total. The second-order valence-electron chi connectivity index (χ2n) is 6.91. The molecule has 3 rings (SSSR count). The van der Waals surface area contributed by atoms with Crippen LogP contribution in [-0.4, -0.2) is 30.9 Å². The standard InChI is InChI=1S/C23H25N5O/c1-17-6-4-8-20(14-17)26-23(25-16-18-10-12-24-13-11-18)27-22(29)19-7-5-9-21(15-19)28(2)3/h4-15H,16H2,1-3H3,(H2,25,26,27,29). The molecular weight excluding hydrogens is 362 g/mol. The van der Waals surface area contributed by atoms with Gasteiger partial charge in [0.05, 0.1) is 6.54 Å². The molecule has 148 valence electrons.